The second-order valence-corrected chi connectivity index (χ2v) is 7.58. The smallest absolute Gasteiger partial charge is 0.372 e. The Labute approximate surface area is 171 Å². The SMILES string of the molecule is Cc1ccc(-n2c(SCCCOCC(F)(F)F)nnc2-c2ccncc2)cc1C. The highest BCUT2D eigenvalue weighted by molar-refractivity contribution is 7.99. The molecule has 0 bridgehead atoms. The second kappa shape index (κ2) is 9.41. The largest absolute Gasteiger partial charge is 0.411 e. The highest BCUT2D eigenvalue weighted by Gasteiger charge is 2.27. The van der Waals surface area contributed by atoms with Gasteiger partial charge in [0.1, 0.15) is 6.61 Å². The van der Waals surface area contributed by atoms with E-state index in [-0.39, 0.29) is 6.61 Å². The maximum atomic E-state index is 12.1. The molecule has 5 nitrogen and oxygen atoms in total. The summed E-state index contributed by atoms with van der Waals surface area (Å²) >= 11 is 1.44. The Kier molecular flexibility index (Phi) is 6.92. The quantitative estimate of drug-likeness (QED) is 0.377. The molecule has 0 aliphatic rings. The summed E-state index contributed by atoms with van der Waals surface area (Å²) in [6, 6.07) is 9.84. The Hall–Kier alpha value is -2.39. The predicted octanol–water partition coefficient (Wildman–Crippen LogP) is 5.01. The van der Waals surface area contributed by atoms with Gasteiger partial charge in [0.15, 0.2) is 11.0 Å². The third kappa shape index (κ3) is 5.80. The molecule has 29 heavy (non-hydrogen) atoms. The highest BCUT2D eigenvalue weighted by atomic mass is 32.2. The first kappa shape index (κ1) is 21.3. The van der Waals surface area contributed by atoms with Crippen molar-refractivity contribution in [3.8, 4) is 17.1 Å². The fourth-order valence-electron chi connectivity index (χ4n) is 2.66. The molecule has 0 unspecified atom stereocenters. The number of rotatable bonds is 8. The van der Waals surface area contributed by atoms with Crippen LogP contribution in [0.25, 0.3) is 17.1 Å². The van der Waals surface area contributed by atoms with Crippen molar-refractivity contribution in [2.24, 2.45) is 0 Å². The van der Waals surface area contributed by atoms with Crippen molar-refractivity contribution in [2.75, 3.05) is 19.0 Å². The number of nitrogens with zero attached hydrogens (tertiary/aromatic N) is 4. The number of alkyl halides is 3. The van der Waals surface area contributed by atoms with Crippen LogP contribution in [0.3, 0.4) is 0 Å². The van der Waals surface area contributed by atoms with E-state index < -0.39 is 12.8 Å². The van der Waals surface area contributed by atoms with E-state index >= 15 is 0 Å². The first-order valence-electron chi connectivity index (χ1n) is 9.06. The van der Waals surface area contributed by atoms with Crippen molar-refractivity contribution in [1.82, 2.24) is 19.7 Å². The van der Waals surface area contributed by atoms with E-state index in [1.807, 2.05) is 42.7 Å². The molecule has 0 saturated carbocycles. The number of halogens is 3. The molecular weight excluding hydrogens is 401 g/mol. The fourth-order valence-corrected chi connectivity index (χ4v) is 3.53. The molecule has 0 N–H and O–H groups in total. The molecule has 154 valence electrons. The summed E-state index contributed by atoms with van der Waals surface area (Å²) in [7, 11) is 0. The molecule has 1 aromatic carbocycles. The molecule has 0 radical (unpaired) electrons. The van der Waals surface area contributed by atoms with Gasteiger partial charge >= 0.3 is 6.18 Å². The summed E-state index contributed by atoms with van der Waals surface area (Å²) in [6.07, 6.45) is -0.430. The van der Waals surface area contributed by atoms with Crippen LogP contribution in [-0.2, 0) is 4.74 Å². The lowest BCUT2D eigenvalue weighted by molar-refractivity contribution is -0.173. The van der Waals surface area contributed by atoms with Gasteiger partial charge in [-0.1, -0.05) is 17.8 Å². The Bertz CT molecular complexity index is 945. The van der Waals surface area contributed by atoms with Gasteiger partial charge in [-0.3, -0.25) is 9.55 Å². The van der Waals surface area contributed by atoms with E-state index in [2.05, 4.69) is 26.0 Å². The summed E-state index contributed by atoms with van der Waals surface area (Å²) in [5.41, 5.74) is 4.14. The molecule has 0 fully saturated rings. The monoisotopic (exact) mass is 422 g/mol. The standard InChI is InChI=1S/C20H21F3N4OS/c1-14-4-5-17(12-15(14)2)27-18(16-6-8-24-9-7-16)25-26-19(27)29-11-3-10-28-13-20(21,22)23/h4-9,12H,3,10-11,13H2,1-2H3. The lowest BCUT2D eigenvalue weighted by atomic mass is 10.1. The maximum absolute atomic E-state index is 12.1. The van der Waals surface area contributed by atoms with Crippen LogP contribution < -0.4 is 0 Å². The first-order chi connectivity index (χ1) is 13.8. The van der Waals surface area contributed by atoms with Crippen LogP contribution >= 0.6 is 11.8 Å². The van der Waals surface area contributed by atoms with Crippen molar-refractivity contribution < 1.29 is 17.9 Å². The Morgan fingerprint density at radius 3 is 2.48 bits per heavy atom. The van der Waals surface area contributed by atoms with E-state index in [4.69, 9.17) is 0 Å². The van der Waals surface area contributed by atoms with Gasteiger partial charge in [0.05, 0.1) is 5.69 Å². The van der Waals surface area contributed by atoms with Gasteiger partial charge < -0.3 is 4.74 Å². The molecule has 0 amide bonds. The zero-order valence-electron chi connectivity index (χ0n) is 16.1. The Morgan fingerprint density at radius 2 is 1.79 bits per heavy atom. The summed E-state index contributed by atoms with van der Waals surface area (Å²) < 4.78 is 43.0. The number of aromatic nitrogens is 4. The minimum Gasteiger partial charge on any atom is -0.372 e. The van der Waals surface area contributed by atoms with Gasteiger partial charge in [-0.05, 0) is 55.7 Å². The molecule has 3 rings (SSSR count). The Morgan fingerprint density at radius 1 is 1.03 bits per heavy atom. The molecule has 2 aromatic heterocycles. The van der Waals surface area contributed by atoms with Crippen molar-refractivity contribution in [2.45, 2.75) is 31.6 Å². The van der Waals surface area contributed by atoms with Crippen LogP contribution in [0.15, 0.2) is 47.9 Å². The van der Waals surface area contributed by atoms with Crippen molar-refractivity contribution in [1.29, 1.82) is 0 Å². The molecule has 2 heterocycles. The van der Waals surface area contributed by atoms with E-state index in [0.29, 0.717) is 23.2 Å². The van der Waals surface area contributed by atoms with Crippen LogP contribution in [-0.4, -0.2) is 44.9 Å². The predicted molar refractivity (Wildman–Crippen MR) is 106 cm³/mol. The minimum atomic E-state index is -4.30. The number of ether oxygens (including phenoxy) is 1. The van der Waals surface area contributed by atoms with Gasteiger partial charge in [-0.15, -0.1) is 10.2 Å². The number of hydrogen-bond donors (Lipinski definition) is 0. The third-order valence-electron chi connectivity index (χ3n) is 4.25. The third-order valence-corrected chi connectivity index (χ3v) is 5.27. The molecule has 0 atom stereocenters. The first-order valence-corrected chi connectivity index (χ1v) is 10.0. The zero-order chi connectivity index (χ0) is 20.9. The molecule has 3 aromatic rings. The van der Waals surface area contributed by atoms with Gasteiger partial charge in [-0.2, -0.15) is 13.2 Å². The van der Waals surface area contributed by atoms with Crippen molar-refractivity contribution in [3.05, 3.63) is 53.9 Å². The zero-order valence-corrected chi connectivity index (χ0v) is 16.9. The average molecular weight is 422 g/mol. The van der Waals surface area contributed by atoms with E-state index in [9.17, 15) is 13.2 Å². The highest BCUT2D eigenvalue weighted by Crippen LogP contribution is 2.29. The van der Waals surface area contributed by atoms with Gasteiger partial charge in [0.25, 0.3) is 0 Å². The topological polar surface area (TPSA) is 52.8 Å². The minimum absolute atomic E-state index is 0.0432. The van der Waals surface area contributed by atoms with Crippen LogP contribution in [0.4, 0.5) is 13.2 Å². The van der Waals surface area contributed by atoms with Gasteiger partial charge in [0.2, 0.25) is 0 Å². The summed E-state index contributed by atoms with van der Waals surface area (Å²) in [6.45, 7) is 2.91. The van der Waals surface area contributed by atoms with Crippen molar-refractivity contribution >= 4 is 11.8 Å². The van der Waals surface area contributed by atoms with E-state index in [0.717, 1.165) is 16.8 Å². The van der Waals surface area contributed by atoms with Gasteiger partial charge in [-0.25, -0.2) is 0 Å². The number of hydrogen-bond acceptors (Lipinski definition) is 5. The Balaban J connectivity index is 1.78. The maximum Gasteiger partial charge on any atom is 0.411 e. The number of benzene rings is 1. The normalized spacial score (nSPS) is 11.8. The molecule has 0 spiro atoms. The average Bonchev–Trinajstić information content (AvgIpc) is 3.10. The summed E-state index contributed by atoms with van der Waals surface area (Å²) in [5.74, 6) is 1.25. The number of pyridine rings is 1. The number of thioether (sulfide) groups is 1. The molecule has 9 heteroatoms. The molecular formula is C20H21F3N4OS. The van der Waals surface area contributed by atoms with E-state index in [1.165, 1.54) is 17.3 Å². The lowest BCUT2D eigenvalue weighted by Crippen LogP contribution is -2.17. The van der Waals surface area contributed by atoms with Gasteiger partial charge in [0, 0.05) is 30.3 Å². The number of aryl methyl sites for hydroxylation is 2. The van der Waals surface area contributed by atoms with Crippen LogP contribution in [0.5, 0.6) is 0 Å². The molecule has 0 aliphatic heterocycles. The lowest BCUT2D eigenvalue weighted by Gasteiger charge is -2.12. The molecule has 0 aliphatic carbocycles. The van der Waals surface area contributed by atoms with Crippen LogP contribution in [0.2, 0.25) is 0 Å². The summed E-state index contributed by atoms with van der Waals surface area (Å²) in [4.78, 5) is 4.04. The van der Waals surface area contributed by atoms with Crippen LogP contribution in [0.1, 0.15) is 17.5 Å². The van der Waals surface area contributed by atoms with Crippen LogP contribution in [0, 0.1) is 13.8 Å². The second-order valence-electron chi connectivity index (χ2n) is 6.52. The molecule has 0 saturated heterocycles. The van der Waals surface area contributed by atoms with E-state index in [1.54, 1.807) is 12.4 Å². The fraction of sp³-hybridized carbons (Fsp3) is 0.350. The summed E-state index contributed by atoms with van der Waals surface area (Å²) in [5, 5.41) is 9.34. The van der Waals surface area contributed by atoms with Crippen molar-refractivity contribution in [3.63, 3.8) is 0 Å².